The Hall–Kier alpha value is -1.83. The van der Waals surface area contributed by atoms with Crippen molar-refractivity contribution in [2.24, 2.45) is 0 Å². The number of methoxy groups -OCH3 is 1. The summed E-state index contributed by atoms with van der Waals surface area (Å²) in [4.78, 5) is 34.9. The number of aliphatic carboxylic acids is 1. The van der Waals surface area contributed by atoms with E-state index in [1.165, 1.54) is 32.9 Å². The lowest BCUT2D eigenvalue weighted by molar-refractivity contribution is -0.142. The quantitative estimate of drug-likeness (QED) is 0.559. The summed E-state index contributed by atoms with van der Waals surface area (Å²) in [5.41, 5.74) is -1.09. The smallest absolute Gasteiger partial charge is 0.326 e. The summed E-state index contributed by atoms with van der Waals surface area (Å²) in [5, 5.41) is 20.9. The summed E-state index contributed by atoms with van der Waals surface area (Å²) in [5.74, 6) is -1.78. The molecule has 0 aliphatic carbocycles. The number of likely N-dealkylation sites (N-methyl/N-ethyl adjacent to an activating group) is 1. The van der Waals surface area contributed by atoms with E-state index in [0.717, 1.165) is 0 Å². The van der Waals surface area contributed by atoms with E-state index in [-0.39, 0.29) is 19.4 Å². The molecule has 0 heterocycles. The highest BCUT2D eigenvalue weighted by Gasteiger charge is 2.25. The maximum absolute atomic E-state index is 11.8. The number of rotatable bonds is 7. The minimum absolute atomic E-state index is 0.0438. The van der Waals surface area contributed by atoms with Crippen LogP contribution in [0.5, 0.6) is 0 Å². The van der Waals surface area contributed by atoms with Crippen LogP contribution < -0.4 is 5.32 Å². The normalized spacial score (nSPS) is 12.4. The number of esters is 1. The van der Waals surface area contributed by atoms with Gasteiger partial charge in [0.25, 0.3) is 0 Å². The lowest BCUT2D eigenvalue weighted by Gasteiger charge is -2.27. The van der Waals surface area contributed by atoms with Crippen molar-refractivity contribution in [3.8, 4) is 0 Å². The molecule has 20 heavy (non-hydrogen) atoms. The molecule has 0 unspecified atom stereocenters. The minimum Gasteiger partial charge on any atom is -0.480 e. The number of carboxylic acids is 1. The molecular weight excluding hydrogens is 268 g/mol. The monoisotopic (exact) mass is 290 g/mol. The molecule has 2 amide bonds. The molecule has 3 N–H and O–H groups in total. The van der Waals surface area contributed by atoms with Crippen molar-refractivity contribution in [1.82, 2.24) is 10.2 Å². The molecule has 0 aromatic rings. The fraction of sp³-hybridized carbons (Fsp3) is 0.750. The minimum atomic E-state index is -1.24. The first-order chi connectivity index (χ1) is 9.06. The van der Waals surface area contributed by atoms with Crippen LogP contribution in [0.2, 0.25) is 0 Å². The molecule has 8 nitrogen and oxygen atoms in total. The van der Waals surface area contributed by atoms with E-state index in [9.17, 15) is 19.5 Å². The number of carbonyl (C=O) groups excluding carboxylic acids is 2. The number of carbonyl (C=O) groups is 3. The summed E-state index contributed by atoms with van der Waals surface area (Å²) in [6.45, 7) is 3.10. The van der Waals surface area contributed by atoms with Gasteiger partial charge in [-0.1, -0.05) is 0 Å². The van der Waals surface area contributed by atoms with Crippen LogP contribution in [0.4, 0.5) is 4.79 Å². The van der Waals surface area contributed by atoms with Gasteiger partial charge in [-0.15, -0.1) is 0 Å². The average Bonchev–Trinajstić information content (AvgIpc) is 2.30. The van der Waals surface area contributed by atoms with E-state index in [2.05, 4.69) is 10.1 Å². The molecule has 0 radical (unpaired) electrons. The zero-order chi connectivity index (χ0) is 15.9. The third-order valence-corrected chi connectivity index (χ3v) is 2.43. The number of aliphatic hydroxyl groups is 1. The predicted molar refractivity (Wildman–Crippen MR) is 70.1 cm³/mol. The van der Waals surface area contributed by atoms with Crippen LogP contribution in [0.15, 0.2) is 0 Å². The lowest BCUT2D eigenvalue weighted by Crippen LogP contribution is -2.50. The van der Waals surface area contributed by atoms with E-state index < -0.39 is 29.6 Å². The molecule has 0 aliphatic heterocycles. The Labute approximate surface area is 117 Å². The van der Waals surface area contributed by atoms with Crippen LogP contribution in [-0.4, -0.2) is 65.4 Å². The lowest BCUT2D eigenvalue weighted by atomic mass is 10.1. The van der Waals surface area contributed by atoms with E-state index >= 15 is 0 Å². The van der Waals surface area contributed by atoms with Gasteiger partial charge in [-0.25, -0.2) is 9.59 Å². The molecule has 0 saturated heterocycles. The number of hydrogen-bond donors (Lipinski definition) is 3. The molecule has 8 heteroatoms. The molecule has 0 bridgehead atoms. The molecule has 0 aliphatic rings. The van der Waals surface area contributed by atoms with Gasteiger partial charge in [0.05, 0.1) is 19.3 Å². The Morgan fingerprint density at radius 2 is 1.90 bits per heavy atom. The largest absolute Gasteiger partial charge is 0.480 e. The molecule has 0 aromatic carbocycles. The fourth-order valence-corrected chi connectivity index (χ4v) is 1.53. The molecule has 0 rings (SSSR count). The number of amides is 2. The first-order valence-electron chi connectivity index (χ1n) is 6.10. The fourth-order valence-electron chi connectivity index (χ4n) is 1.53. The van der Waals surface area contributed by atoms with E-state index in [0.29, 0.717) is 0 Å². The van der Waals surface area contributed by atoms with E-state index in [1.807, 2.05) is 0 Å². The number of urea groups is 1. The van der Waals surface area contributed by atoms with Gasteiger partial charge in [-0.05, 0) is 20.3 Å². The molecule has 0 aromatic heterocycles. The number of nitrogens with zero attached hydrogens (tertiary/aromatic N) is 1. The van der Waals surface area contributed by atoms with Crippen LogP contribution in [0.3, 0.4) is 0 Å². The van der Waals surface area contributed by atoms with Crippen LogP contribution in [0, 0.1) is 0 Å². The Kier molecular flexibility index (Phi) is 6.98. The Morgan fingerprint density at radius 3 is 2.30 bits per heavy atom. The SMILES string of the molecule is COC(=O)CC[C@@H](NC(=O)N(C)CC(C)(C)O)C(=O)O. The predicted octanol–water partition coefficient (Wildman–Crippen LogP) is -0.195. The molecule has 0 fully saturated rings. The molecule has 1 atom stereocenters. The number of nitrogens with one attached hydrogen (secondary N) is 1. The van der Waals surface area contributed by atoms with E-state index in [1.54, 1.807) is 0 Å². The second-order valence-corrected chi connectivity index (χ2v) is 5.12. The Morgan fingerprint density at radius 1 is 1.35 bits per heavy atom. The number of carboxylic acid groups (broad SMARTS) is 1. The van der Waals surface area contributed by atoms with Crippen molar-refractivity contribution in [2.75, 3.05) is 20.7 Å². The topological polar surface area (TPSA) is 116 Å². The Balaban J connectivity index is 4.48. The maximum atomic E-state index is 11.8. The first kappa shape index (κ1) is 18.2. The van der Waals surface area contributed by atoms with Gasteiger partial charge < -0.3 is 25.2 Å². The zero-order valence-corrected chi connectivity index (χ0v) is 12.2. The standard InChI is InChI=1S/C12H22N2O6/c1-12(2,19)7-14(3)11(18)13-8(10(16)17)5-6-9(15)20-4/h8,19H,5-7H2,1-4H3,(H,13,18)(H,16,17)/t8-/m1/s1. The number of ether oxygens (including phenoxy) is 1. The van der Waals surface area contributed by atoms with Crippen LogP contribution in [0.25, 0.3) is 0 Å². The summed E-state index contributed by atoms with van der Waals surface area (Å²) in [6.07, 6.45) is -0.174. The van der Waals surface area contributed by atoms with Crippen molar-refractivity contribution in [1.29, 1.82) is 0 Å². The van der Waals surface area contributed by atoms with Gasteiger partial charge in [0.2, 0.25) is 0 Å². The highest BCUT2D eigenvalue weighted by molar-refractivity contribution is 5.83. The number of hydrogen-bond acceptors (Lipinski definition) is 5. The van der Waals surface area contributed by atoms with Crippen molar-refractivity contribution < 1.29 is 29.3 Å². The van der Waals surface area contributed by atoms with Gasteiger partial charge in [0.15, 0.2) is 0 Å². The van der Waals surface area contributed by atoms with Gasteiger partial charge >= 0.3 is 18.0 Å². The first-order valence-corrected chi connectivity index (χ1v) is 6.10. The molecular formula is C12H22N2O6. The molecule has 116 valence electrons. The highest BCUT2D eigenvalue weighted by Crippen LogP contribution is 2.05. The van der Waals surface area contributed by atoms with Gasteiger partial charge in [0.1, 0.15) is 6.04 Å². The second kappa shape index (κ2) is 7.68. The summed E-state index contributed by atoms with van der Waals surface area (Å²) >= 11 is 0. The third kappa shape index (κ3) is 7.57. The molecule has 0 saturated carbocycles. The van der Waals surface area contributed by atoms with E-state index in [4.69, 9.17) is 5.11 Å². The van der Waals surface area contributed by atoms with Crippen molar-refractivity contribution >= 4 is 18.0 Å². The van der Waals surface area contributed by atoms with Crippen molar-refractivity contribution in [3.05, 3.63) is 0 Å². The van der Waals surface area contributed by atoms with Crippen molar-refractivity contribution in [2.45, 2.75) is 38.3 Å². The maximum Gasteiger partial charge on any atom is 0.326 e. The van der Waals surface area contributed by atoms with Gasteiger partial charge in [0, 0.05) is 13.5 Å². The third-order valence-electron chi connectivity index (χ3n) is 2.43. The zero-order valence-electron chi connectivity index (χ0n) is 12.2. The highest BCUT2D eigenvalue weighted by atomic mass is 16.5. The summed E-state index contributed by atoms with van der Waals surface area (Å²) in [7, 11) is 2.64. The summed E-state index contributed by atoms with van der Waals surface area (Å²) in [6, 6.07) is -1.82. The van der Waals surface area contributed by atoms with Crippen molar-refractivity contribution in [3.63, 3.8) is 0 Å². The summed E-state index contributed by atoms with van der Waals surface area (Å²) < 4.78 is 4.41. The second-order valence-electron chi connectivity index (χ2n) is 5.12. The average molecular weight is 290 g/mol. The van der Waals surface area contributed by atoms with Crippen LogP contribution in [0.1, 0.15) is 26.7 Å². The van der Waals surface area contributed by atoms with Crippen LogP contribution in [-0.2, 0) is 14.3 Å². The van der Waals surface area contributed by atoms with Gasteiger partial charge in [-0.2, -0.15) is 0 Å². The van der Waals surface area contributed by atoms with Gasteiger partial charge in [-0.3, -0.25) is 4.79 Å². The molecule has 0 spiro atoms. The van der Waals surface area contributed by atoms with Crippen LogP contribution >= 0.6 is 0 Å². The Bertz CT molecular complexity index is 363.